The molecule has 0 radical (unpaired) electrons. The van der Waals surface area contributed by atoms with Gasteiger partial charge in [-0.15, -0.1) is 0 Å². The molecule has 0 aromatic heterocycles. The fourth-order valence-electron chi connectivity index (χ4n) is 3.84. The molecule has 0 saturated heterocycles. The van der Waals surface area contributed by atoms with Crippen molar-refractivity contribution in [2.24, 2.45) is 0 Å². The van der Waals surface area contributed by atoms with E-state index in [1.807, 2.05) is 5.06 Å². The van der Waals surface area contributed by atoms with Crippen molar-refractivity contribution in [3.05, 3.63) is 23.0 Å². The Morgan fingerprint density at radius 1 is 1.32 bits per heavy atom. The van der Waals surface area contributed by atoms with Crippen LogP contribution in [-0.4, -0.2) is 35.1 Å². The summed E-state index contributed by atoms with van der Waals surface area (Å²) < 4.78 is 6.07. The predicted octanol–water partition coefficient (Wildman–Crippen LogP) is 2.36. The van der Waals surface area contributed by atoms with Gasteiger partial charge in [0.25, 0.3) is 0 Å². The van der Waals surface area contributed by atoms with Crippen LogP contribution in [0, 0.1) is 0 Å². The fraction of sp³-hybridized carbons (Fsp3) is 0.667. The third-order valence-electron chi connectivity index (χ3n) is 4.35. The van der Waals surface area contributed by atoms with Gasteiger partial charge in [0.1, 0.15) is 11.9 Å². The summed E-state index contributed by atoms with van der Waals surface area (Å²) in [4.78, 5) is 17.6. The monoisotopic (exact) mass is 263 g/mol. The van der Waals surface area contributed by atoms with Crippen molar-refractivity contribution >= 4 is 5.78 Å². The molecule has 19 heavy (non-hydrogen) atoms. The second kappa shape index (κ2) is 3.70. The van der Waals surface area contributed by atoms with Crippen LogP contribution in [0.2, 0.25) is 0 Å². The molecule has 0 saturated carbocycles. The molecule has 104 valence electrons. The van der Waals surface area contributed by atoms with Crippen molar-refractivity contribution in [2.75, 3.05) is 7.11 Å². The Morgan fingerprint density at radius 3 is 2.63 bits per heavy atom. The topological polar surface area (TPSA) is 38.8 Å². The maximum absolute atomic E-state index is 12.1. The standard InChI is InChI=1S/C15H21NO3/c1-14(2)8-9-12-10(17)6-7-11(12)19-13(9)15(3,4)16(14)18-5/h8,13H,6-7H2,1-5H3. The summed E-state index contributed by atoms with van der Waals surface area (Å²) in [6, 6.07) is 0. The summed E-state index contributed by atoms with van der Waals surface area (Å²) in [7, 11) is 1.68. The molecule has 0 N–H and O–H groups in total. The van der Waals surface area contributed by atoms with Crippen LogP contribution in [0.4, 0.5) is 0 Å². The molecule has 0 fully saturated rings. The third-order valence-corrected chi connectivity index (χ3v) is 4.35. The van der Waals surface area contributed by atoms with Gasteiger partial charge >= 0.3 is 0 Å². The van der Waals surface area contributed by atoms with Gasteiger partial charge < -0.3 is 9.57 Å². The van der Waals surface area contributed by atoms with Crippen LogP contribution < -0.4 is 0 Å². The maximum Gasteiger partial charge on any atom is 0.167 e. The van der Waals surface area contributed by atoms with Crippen molar-refractivity contribution in [1.29, 1.82) is 0 Å². The Bertz CT molecular complexity index is 513. The first-order valence-corrected chi connectivity index (χ1v) is 6.79. The molecule has 1 unspecified atom stereocenters. The molecular weight excluding hydrogens is 242 g/mol. The SMILES string of the molecule is CON1C(C)(C)C=C2C3=C(CCC3=O)OC2C1(C)C. The number of carbonyl (C=O) groups excluding carboxylic acids is 1. The van der Waals surface area contributed by atoms with Crippen LogP contribution in [0.1, 0.15) is 40.5 Å². The van der Waals surface area contributed by atoms with Crippen molar-refractivity contribution in [1.82, 2.24) is 5.06 Å². The van der Waals surface area contributed by atoms with E-state index < -0.39 is 0 Å². The van der Waals surface area contributed by atoms with E-state index in [2.05, 4.69) is 33.8 Å². The lowest BCUT2D eigenvalue weighted by Gasteiger charge is -2.51. The molecule has 0 aromatic carbocycles. The van der Waals surface area contributed by atoms with E-state index in [-0.39, 0.29) is 23.0 Å². The summed E-state index contributed by atoms with van der Waals surface area (Å²) in [5.74, 6) is 1.10. The van der Waals surface area contributed by atoms with Gasteiger partial charge in [-0.1, -0.05) is 6.08 Å². The number of allylic oxidation sites excluding steroid dienone is 1. The van der Waals surface area contributed by atoms with Gasteiger partial charge in [0.2, 0.25) is 0 Å². The van der Waals surface area contributed by atoms with Crippen LogP contribution in [-0.2, 0) is 14.4 Å². The van der Waals surface area contributed by atoms with Gasteiger partial charge in [-0.3, -0.25) is 4.79 Å². The molecule has 1 atom stereocenters. The van der Waals surface area contributed by atoms with Gasteiger partial charge in [0.15, 0.2) is 5.78 Å². The van der Waals surface area contributed by atoms with E-state index in [4.69, 9.17) is 9.57 Å². The number of hydrogen-bond acceptors (Lipinski definition) is 4. The van der Waals surface area contributed by atoms with Crippen LogP contribution in [0.3, 0.4) is 0 Å². The number of ketones is 1. The molecule has 3 rings (SSSR count). The maximum atomic E-state index is 12.1. The Hall–Kier alpha value is -1.13. The molecule has 3 aliphatic rings. The van der Waals surface area contributed by atoms with Crippen molar-refractivity contribution in [3.8, 4) is 0 Å². The number of rotatable bonds is 1. The molecular formula is C15H21NO3. The second-order valence-electron chi connectivity index (χ2n) is 6.60. The van der Waals surface area contributed by atoms with E-state index in [9.17, 15) is 4.79 Å². The summed E-state index contributed by atoms with van der Waals surface area (Å²) >= 11 is 0. The lowest BCUT2D eigenvalue weighted by molar-refractivity contribution is -0.258. The molecule has 2 aliphatic heterocycles. The molecule has 2 heterocycles. The highest BCUT2D eigenvalue weighted by atomic mass is 16.7. The van der Waals surface area contributed by atoms with Gasteiger partial charge in [-0.05, 0) is 27.7 Å². The molecule has 1 aliphatic carbocycles. The minimum Gasteiger partial charge on any atom is -0.487 e. The molecule has 4 nitrogen and oxygen atoms in total. The number of nitrogens with zero attached hydrogens (tertiary/aromatic N) is 1. The van der Waals surface area contributed by atoms with Crippen molar-refractivity contribution < 1.29 is 14.4 Å². The fourth-order valence-corrected chi connectivity index (χ4v) is 3.84. The highest BCUT2D eigenvalue weighted by Gasteiger charge is 2.55. The zero-order valence-corrected chi connectivity index (χ0v) is 12.2. The third kappa shape index (κ3) is 1.56. The van der Waals surface area contributed by atoms with Gasteiger partial charge in [0, 0.05) is 18.4 Å². The van der Waals surface area contributed by atoms with E-state index >= 15 is 0 Å². The second-order valence-corrected chi connectivity index (χ2v) is 6.60. The Kier molecular flexibility index (Phi) is 2.51. The van der Waals surface area contributed by atoms with Crippen LogP contribution in [0.5, 0.6) is 0 Å². The summed E-state index contributed by atoms with van der Waals surface area (Å²) in [6.45, 7) is 8.39. The molecule has 0 amide bonds. The molecule has 4 heteroatoms. The Balaban J connectivity index is 2.12. The van der Waals surface area contributed by atoms with Crippen LogP contribution in [0.25, 0.3) is 0 Å². The van der Waals surface area contributed by atoms with Crippen LogP contribution >= 0.6 is 0 Å². The smallest absolute Gasteiger partial charge is 0.167 e. The zero-order valence-electron chi connectivity index (χ0n) is 12.2. The minimum absolute atomic E-state index is 0.116. The number of Topliss-reactive ketones (excluding diaryl/α,β-unsaturated/α-hetero) is 1. The molecule has 0 bridgehead atoms. The quantitative estimate of drug-likeness (QED) is 0.728. The number of fused-ring (bicyclic) bond motifs is 2. The largest absolute Gasteiger partial charge is 0.487 e. The summed E-state index contributed by atoms with van der Waals surface area (Å²) in [5.41, 5.74) is 1.31. The number of hydrogen-bond donors (Lipinski definition) is 0. The first-order chi connectivity index (χ1) is 8.79. The van der Waals surface area contributed by atoms with Crippen molar-refractivity contribution in [3.63, 3.8) is 0 Å². The average Bonchev–Trinajstić information content (AvgIpc) is 2.80. The highest BCUT2D eigenvalue weighted by molar-refractivity contribution is 6.03. The lowest BCUT2D eigenvalue weighted by Crippen LogP contribution is -2.63. The van der Waals surface area contributed by atoms with E-state index in [0.717, 1.165) is 23.3 Å². The number of carbonyl (C=O) groups is 1. The van der Waals surface area contributed by atoms with Gasteiger partial charge in [-0.25, -0.2) is 0 Å². The number of hydroxylamine groups is 2. The predicted molar refractivity (Wildman–Crippen MR) is 71.2 cm³/mol. The van der Waals surface area contributed by atoms with Gasteiger partial charge in [-0.2, -0.15) is 5.06 Å². The first-order valence-electron chi connectivity index (χ1n) is 6.79. The minimum atomic E-state index is -0.313. The lowest BCUT2D eigenvalue weighted by atomic mass is 9.78. The zero-order chi connectivity index (χ0) is 14.0. The van der Waals surface area contributed by atoms with Crippen LogP contribution in [0.15, 0.2) is 23.0 Å². The average molecular weight is 263 g/mol. The number of ether oxygens (including phenoxy) is 1. The summed E-state index contributed by atoms with van der Waals surface area (Å²) in [5, 5.41) is 1.96. The highest BCUT2D eigenvalue weighted by Crippen LogP contribution is 2.49. The Morgan fingerprint density at radius 2 is 2.00 bits per heavy atom. The first kappa shape index (κ1) is 12.9. The van der Waals surface area contributed by atoms with E-state index in [1.54, 1.807) is 7.11 Å². The summed E-state index contributed by atoms with van der Waals surface area (Å²) in [6.07, 6.45) is 3.34. The molecule has 0 spiro atoms. The van der Waals surface area contributed by atoms with Gasteiger partial charge in [0.05, 0.1) is 23.8 Å². The Labute approximate surface area is 114 Å². The normalized spacial score (nSPS) is 31.9. The van der Waals surface area contributed by atoms with E-state index in [0.29, 0.717) is 6.42 Å². The van der Waals surface area contributed by atoms with Crippen molar-refractivity contribution in [2.45, 2.75) is 57.7 Å². The molecule has 0 aromatic rings. The van der Waals surface area contributed by atoms with E-state index in [1.165, 1.54) is 0 Å².